The number of amides is 2. The molecule has 184 valence electrons. The van der Waals surface area contributed by atoms with E-state index in [1.807, 2.05) is 47.6 Å². The molecular formula is C26H35BrN4O3. The van der Waals surface area contributed by atoms with Crippen molar-refractivity contribution in [3.63, 3.8) is 0 Å². The number of amidine groups is 1. The fourth-order valence-corrected chi connectivity index (χ4v) is 4.00. The van der Waals surface area contributed by atoms with Crippen molar-refractivity contribution >= 4 is 40.3 Å². The number of nitrogens with one attached hydrogen (secondary N) is 3. The molecular weight excluding hydrogens is 496 g/mol. The molecule has 0 saturated carbocycles. The van der Waals surface area contributed by atoms with Crippen molar-refractivity contribution in [2.45, 2.75) is 58.9 Å². The van der Waals surface area contributed by atoms with E-state index in [0.29, 0.717) is 23.4 Å². The van der Waals surface area contributed by atoms with Crippen LogP contribution in [0.2, 0.25) is 0 Å². The van der Waals surface area contributed by atoms with Gasteiger partial charge < -0.3 is 20.6 Å². The van der Waals surface area contributed by atoms with Crippen LogP contribution in [0.4, 0.5) is 10.5 Å². The molecule has 0 saturated heterocycles. The lowest BCUT2D eigenvalue weighted by Crippen LogP contribution is -2.30. The maximum absolute atomic E-state index is 13.3. The van der Waals surface area contributed by atoms with Crippen molar-refractivity contribution < 1.29 is 14.7 Å². The first-order chi connectivity index (χ1) is 15.2. The molecule has 0 bridgehead atoms. The molecule has 2 aromatic carbocycles. The molecule has 8 heteroatoms. The van der Waals surface area contributed by atoms with Crippen LogP contribution in [0.15, 0.2) is 30.3 Å². The van der Waals surface area contributed by atoms with Crippen LogP contribution in [0.25, 0.3) is 0 Å². The Morgan fingerprint density at radius 1 is 1.03 bits per heavy atom. The highest BCUT2D eigenvalue weighted by molar-refractivity contribution is 8.93. The SMILES string of the molecule is Br.CNC(=O)Nc1ccc2c(c1)C(=N)N(CC(=O)c1cc(C(C)(C)C)c(O)c(C(C)(C)C)c1)C2. The molecule has 1 heterocycles. The van der Waals surface area contributed by atoms with Crippen LogP contribution < -0.4 is 10.6 Å². The van der Waals surface area contributed by atoms with Gasteiger partial charge in [0.1, 0.15) is 11.6 Å². The van der Waals surface area contributed by atoms with Crippen molar-refractivity contribution in [3.05, 3.63) is 58.1 Å². The number of halogens is 1. The van der Waals surface area contributed by atoms with Crippen LogP contribution in [0, 0.1) is 5.41 Å². The lowest BCUT2D eigenvalue weighted by molar-refractivity contribution is 0.0962. The number of hydrogen-bond acceptors (Lipinski definition) is 4. The fraction of sp³-hybridized carbons (Fsp3) is 0.423. The first-order valence-electron chi connectivity index (χ1n) is 11.1. The molecule has 2 amide bonds. The van der Waals surface area contributed by atoms with E-state index in [2.05, 4.69) is 10.6 Å². The number of Topliss-reactive ketones (excluding diaryl/α,β-unsaturated/α-hetero) is 1. The van der Waals surface area contributed by atoms with E-state index in [4.69, 9.17) is 5.41 Å². The number of ketones is 1. The van der Waals surface area contributed by atoms with E-state index >= 15 is 0 Å². The van der Waals surface area contributed by atoms with E-state index in [9.17, 15) is 14.7 Å². The molecule has 1 aliphatic rings. The van der Waals surface area contributed by atoms with E-state index in [0.717, 1.165) is 16.7 Å². The van der Waals surface area contributed by atoms with Crippen molar-refractivity contribution in [1.29, 1.82) is 5.41 Å². The van der Waals surface area contributed by atoms with Gasteiger partial charge in [0.15, 0.2) is 5.78 Å². The molecule has 0 unspecified atom stereocenters. The number of carbonyl (C=O) groups excluding carboxylic acids is 2. The van der Waals surface area contributed by atoms with E-state index in [1.54, 1.807) is 29.2 Å². The second kappa shape index (κ2) is 9.78. The zero-order chi connectivity index (χ0) is 24.7. The van der Waals surface area contributed by atoms with E-state index in [1.165, 1.54) is 7.05 Å². The number of nitrogens with zero attached hydrogens (tertiary/aromatic N) is 1. The number of anilines is 1. The maximum atomic E-state index is 13.3. The average molecular weight is 531 g/mol. The third-order valence-electron chi connectivity index (χ3n) is 5.91. The second-order valence-electron chi connectivity index (χ2n) is 10.6. The highest BCUT2D eigenvalue weighted by atomic mass is 79.9. The topological polar surface area (TPSA) is 106 Å². The number of benzene rings is 2. The average Bonchev–Trinajstić information content (AvgIpc) is 3.01. The summed E-state index contributed by atoms with van der Waals surface area (Å²) >= 11 is 0. The number of carbonyl (C=O) groups is 2. The predicted molar refractivity (Wildman–Crippen MR) is 142 cm³/mol. The Bertz CT molecular complexity index is 1090. The Hall–Kier alpha value is -2.87. The first-order valence-corrected chi connectivity index (χ1v) is 11.1. The second-order valence-corrected chi connectivity index (χ2v) is 10.6. The maximum Gasteiger partial charge on any atom is 0.318 e. The molecule has 0 spiro atoms. The first kappa shape index (κ1) is 27.4. The van der Waals surface area contributed by atoms with Gasteiger partial charge in [0.05, 0.1) is 6.54 Å². The summed E-state index contributed by atoms with van der Waals surface area (Å²) in [6, 6.07) is 8.65. The number of fused-ring (bicyclic) bond motifs is 1. The van der Waals surface area contributed by atoms with Crippen molar-refractivity contribution in [2.24, 2.45) is 0 Å². The van der Waals surface area contributed by atoms with Gasteiger partial charge >= 0.3 is 6.03 Å². The highest BCUT2D eigenvalue weighted by Crippen LogP contribution is 2.40. The fourth-order valence-electron chi connectivity index (χ4n) is 4.00. The number of phenols is 1. The Balaban J connectivity index is 0.00000408. The molecule has 0 radical (unpaired) electrons. The smallest absolute Gasteiger partial charge is 0.318 e. The van der Waals surface area contributed by atoms with Crippen LogP contribution in [-0.4, -0.2) is 41.2 Å². The van der Waals surface area contributed by atoms with Crippen LogP contribution in [0.3, 0.4) is 0 Å². The Morgan fingerprint density at radius 2 is 1.59 bits per heavy atom. The minimum atomic E-state index is -0.330. The lowest BCUT2D eigenvalue weighted by atomic mass is 9.78. The van der Waals surface area contributed by atoms with Gasteiger partial charge in [-0.2, -0.15) is 0 Å². The molecule has 34 heavy (non-hydrogen) atoms. The van der Waals surface area contributed by atoms with Gasteiger partial charge in [-0.1, -0.05) is 47.6 Å². The monoisotopic (exact) mass is 530 g/mol. The van der Waals surface area contributed by atoms with E-state index < -0.39 is 0 Å². The van der Waals surface area contributed by atoms with Crippen LogP contribution in [0.1, 0.15) is 74.2 Å². The van der Waals surface area contributed by atoms with Crippen LogP contribution in [-0.2, 0) is 17.4 Å². The molecule has 0 aromatic heterocycles. The zero-order valence-corrected chi connectivity index (χ0v) is 22.6. The Kier molecular flexibility index (Phi) is 7.87. The molecule has 1 aliphatic heterocycles. The Morgan fingerprint density at radius 3 is 2.09 bits per heavy atom. The third-order valence-corrected chi connectivity index (χ3v) is 5.91. The number of hydrogen-bond donors (Lipinski definition) is 4. The van der Waals surface area contributed by atoms with Gasteiger partial charge in [-0.3, -0.25) is 10.2 Å². The summed E-state index contributed by atoms with van der Waals surface area (Å²) in [5, 5.41) is 24.7. The van der Waals surface area contributed by atoms with Gasteiger partial charge in [-0.05, 0) is 40.7 Å². The summed E-state index contributed by atoms with van der Waals surface area (Å²) in [5.41, 5.74) is 3.59. The number of phenolic OH excluding ortho intramolecular Hbond substituents is 1. The largest absolute Gasteiger partial charge is 0.507 e. The minimum absolute atomic E-state index is 0. The predicted octanol–water partition coefficient (Wildman–Crippen LogP) is 5.34. The van der Waals surface area contributed by atoms with Crippen molar-refractivity contribution in [2.75, 3.05) is 18.9 Å². The van der Waals surface area contributed by atoms with Gasteiger partial charge in [-0.25, -0.2) is 4.79 Å². The highest BCUT2D eigenvalue weighted by Gasteiger charge is 2.30. The summed E-state index contributed by atoms with van der Waals surface area (Å²) in [6.07, 6.45) is 0. The van der Waals surface area contributed by atoms with Crippen molar-refractivity contribution in [1.82, 2.24) is 10.2 Å². The normalized spacial score (nSPS) is 13.3. The van der Waals surface area contributed by atoms with Crippen molar-refractivity contribution in [3.8, 4) is 5.75 Å². The van der Waals surface area contributed by atoms with Gasteiger partial charge in [-0.15, -0.1) is 17.0 Å². The molecule has 2 aromatic rings. The molecule has 3 rings (SSSR count). The third kappa shape index (κ3) is 5.60. The summed E-state index contributed by atoms with van der Waals surface area (Å²) in [4.78, 5) is 26.7. The number of urea groups is 1. The van der Waals surface area contributed by atoms with Crippen LogP contribution >= 0.6 is 17.0 Å². The number of aromatic hydroxyl groups is 1. The molecule has 0 fully saturated rings. The van der Waals surface area contributed by atoms with Gasteiger partial charge in [0.25, 0.3) is 0 Å². The molecule has 4 N–H and O–H groups in total. The number of rotatable bonds is 4. The standard InChI is InChI=1S/C26H34N4O3.BrH/c1-25(2,3)19-10-16(11-20(22(19)32)26(4,5)6)21(31)14-30-13-15-8-9-17(29-24(33)28-7)12-18(15)23(30)27;/h8-12,27,32H,13-14H2,1-7H3,(H2,28,29,33);1H. The van der Waals surface area contributed by atoms with Gasteiger partial charge in [0, 0.05) is 41.5 Å². The lowest BCUT2D eigenvalue weighted by Gasteiger charge is -2.28. The zero-order valence-electron chi connectivity index (χ0n) is 20.9. The van der Waals surface area contributed by atoms with Gasteiger partial charge in [0.2, 0.25) is 0 Å². The molecule has 0 atom stereocenters. The Labute approximate surface area is 212 Å². The minimum Gasteiger partial charge on any atom is -0.507 e. The summed E-state index contributed by atoms with van der Waals surface area (Å²) in [6.45, 7) is 12.6. The molecule has 7 nitrogen and oxygen atoms in total. The summed E-state index contributed by atoms with van der Waals surface area (Å²) in [5.74, 6) is 0.390. The van der Waals surface area contributed by atoms with E-state index in [-0.39, 0.29) is 57.8 Å². The summed E-state index contributed by atoms with van der Waals surface area (Å²) in [7, 11) is 1.54. The summed E-state index contributed by atoms with van der Waals surface area (Å²) < 4.78 is 0. The quantitative estimate of drug-likeness (QED) is 0.400. The van der Waals surface area contributed by atoms with Crippen LogP contribution in [0.5, 0.6) is 5.75 Å². The molecule has 0 aliphatic carbocycles.